The smallest absolute Gasteiger partial charge is 0.550 e. The molecule has 0 heterocycles. The molecule has 19 heavy (non-hydrogen) atoms. The van der Waals surface area contributed by atoms with E-state index in [2.05, 4.69) is 6.92 Å². The molecule has 0 aliphatic carbocycles. The molecular weight excluding hydrogens is 270 g/mol. The SMILES string of the molecule is CCCCCC(O)CC.O=C([O-])CCC(=O)[O-].[Na+].[Na+]. The van der Waals surface area contributed by atoms with Crippen molar-refractivity contribution >= 4 is 11.9 Å². The van der Waals surface area contributed by atoms with Crippen LogP contribution >= 0.6 is 0 Å². The average molecular weight is 292 g/mol. The number of unbranched alkanes of at least 4 members (excludes halogenated alkanes) is 2. The second-order valence-electron chi connectivity index (χ2n) is 3.80. The number of aliphatic hydroxyl groups excluding tert-OH is 1. The van der Waals surface area contributed by atoms with Gasteiger partial charge in [0.1, 0.15) is 0 Å². The fourth-order valence-electron chi connectivity index (χ4n) is 1.04. The second kappa shape index (κ2) is 21.2. The van der Waals surface area contributed by atoms with Crippen molar-refractivity contribution in [2.24, 2.45) is 0 Å². The molecule has 1 unspecified atom stereocenters. The van der Waals surface area contributed by atoms with E-state index in [0.29, 0.717) is 0 Å². The van der Waals surface area contributed by atoms with E-state index < -0.39 is 24.8 Å². The Morgan fingerprint density at radius 2 is 1.42 bits per heavy atom. The molecule has 7 heteroatoms. The Labute approximate surface area is 159 Å². The Hall–Kier alpha value is 0.900. The minimum atomic E-state index is -1.37. The number of carboxylic acid groups (broad SMARTS) is 2. The predicted octanol–water partition coefficient (Wildman–Crippen LogP) is -6.39. The van der Waals surface area contributed by atoms with Crippen molar-refractivity contribution in [1.82, 2.24) is 0 Å². The third-order valence-corrected chi connectivity index (χ3v) is 2.15. The van der Waals surface area contributed by atoms with Gasteiger partial charge in [-0.2, -0.15) is 0 Å². The van der Waals surface area contributed by atoms with E-state index in [0.717, 1.165) is 12.8 Å². The first-order chi connectivity index (χ1) is 7.93. The third kappa shape index (κ3) is 32.4. The van der Waals surface area contributed by atoms with Gasteiger partial charge < -0.3 is 24.9 Å². The van der Waals surface area contributed by atoms with Gasteiger partial charge in [-0.15, -0.1) is 0 Å². The summed E-state index contributed by atoms with van der Waals surface area (Å²) in [5, 5.41) is 28.1. The van der Waals surface area contributed by atoms with Gasteiger partial charge in [0.05, 0.1) is 6.10 Å². The van der Waals surface area contributed by atoms with Gasteiger partial charge in [0, 0.05) is 11.9 Å². The minimum Gasteiger partial charge on any atom is -0.550 e. The number of hydrogen-bond donors (Lipinski definition) is 1. The number of aliphatic carboxylic acids is 2. The molecule has 0 saturated carbocycles. The molecule has 102 valence electrons. The van der Waals surface area contributed by atoms with E-state index >= 15 is 0 Å². The second-order valence-corrected chi connectivity index (χ2v) is 3.80. The number of rotatable bonds is 8. The van der Waals surface area contributed by atoms with Gasteiger partial charge in [0.2, 0.25) is 0 Å². The first-order valence-electron chi connectivity index (χ1n) is 6.01. The maximum atomic E-state index is 9.50. The summed E-state index contributed by atoms with van der Waals surface area (Å²) >= 11 is 0. The zero-order valence-electron chi connectivity index (χ0n) is 12.6. The van der Waals surface area contributed by atoms with Crippen LogP contribution in [0.1, 0.15) is 58.8 Å². The summed E-state index contributed by atoms with van der Waals surface area (Å²) in [5.74, 6) is -2.73. The van der Waals surface area contributed by atoms with E-state index in [9.17, 15) is 19.8 Å². The van der Waals surface area contributed by atoms with Crippen molar-refractivity contribution in [3.63, 3.8) is 0 Å². The van der Waals surface area contributed by atoms with Gasteiger partial charge >= 0.3 is 59.1 Å². The van der Waals surface area contributed by atoms with E-state index in [-0.39, 0.29) is 65.2 Å². The number of carbonyl (C=O) groups is 2. The van der Waals surface area contributed by atoms with Crippen LogP contribution in [0.3, 0.4) is 0 Å². The summed E-state index contributed by atoms with van der Waals surface area (Å²) in [6.07, 6.45) is 4.61. The molecular formula is C12H22Na2O5. The first-order valence-corrected chi connectivity index (χ1v) is 6.01. The van der Waals surface area contributed by atoms with Crippen LogP contribution in [0, 0.1) is 0 Å². The van der Waals surface area contributed by atoms with E-state index in [1.165, 1.54) is 19.3 Å². The van der Waals surface area contributed by atoms with Gasteiger partial charge in [-0.3, -0.25) is 0 Å². The maximum absolute atomic E-state index is 9.50. The van der Waals surface area contributed by atoms with Crippen LogP contribution in [-0.4, -0.2) is 23.1 Å². The standard InChI is InChI=1S/C8H18O.C4H6O4.2Na/c1-3-5-6-7-8(9)4-2;5-3(6)1-2-4(7)8;;/h8-9H,3-7H2,1-2H3;1-2H2,(H,5,6)(H,7,8);;/q;;2*+1/p-2. The molecule has 0 amide bonds. The number of carbonyl (C=O) groups excluding carboxylic acids is 2. The number of carboxylic acids is 2. The monoisotopic (exact) mass is 292 g/mol. The molecule has 0 bridgehead atoms. The van der Waals surface area contributed by atoms with Crippen LogP contribution in [0.2, 0.25) is 0 Å². The zero-order chi connectivity index (χ0) is 13.7. The molecule has 0 aliphatic heterocycles. The van der Waals surface area contributed by atoms with Crippen molar-refractivity contribution in [2.45, 2.75) is 64.9 Å². The average Bonchev–Trinajstić information content (AvgIpc) is 2.27. The van der Waals surface area contributed by atoms with Gasteiger partial charge in [-0.05, 0) is 25.7 Å². The number of hydrogen-bond acceptors (Lipinski definition) is 5. The third-order valence-electron chi connectivity index (χ3n) is 2.15. The normalized spacial score (nSPS) is 10.1. The van der Waals surface area contributed by atoms with Crippen LogP contribution in [0.4, 0.5) is 0 Å². The quantitative estimate of drug-likeness (QED) is 0.354. The van der Waals surface area contributed by atoms with Crippen molar-refractivity contribution in [2.75, 3.05) is 0 Å². The van der Waals surface area contributed by atoms with Crippen molar-refractivity contribution < 1.29 is 84.0 Å². The number of aliphatic hydroxyl groups is 1. The topological polar surface area (TPSA) is 100 Å². The molecule has 0 aromatic heterocycles. The Kier molecular flexibility index (Phi) is 31.4. The molecule has 0 fully saturated rings. The minimum absolute atomic E-state index is 0. The zero-order valence-corrected chi connectivity index (χ0v) is 16.6. The molecule has 5 nitrogen and oxygen atoms in total. The van der Waals surface area contributed by atoms with Crippen LogP contribution in [0.5, 0.6) is 0 Å². The molecule has 1 N–H and O–H groups in total. The summed E-state index contributed by atoms with van der Waals surface area (Å²) in [6.45, 7) is 4.20. The predicted molar refractivity (Wildman–Crippen MR) is 59.7 cm³/mol. The molecule has 1 atom stereocenters. The fraction of sp³-hybridized carbons (Fsp3) is 0.833. The molecule has 0 aromatic carbocycles. The summed E-state index contributed by atoms with van der Waals surface area (Å²) in [7, 11) is 0. The van der Waals surface area contributed by atoms with Gasteiger partial charge in [-0.25, -0.2) is 0 Å². The first kappa shape index (κ1) is 28.1. The molecule has 0 spiro atoms. The molecule has 0 aromatic rings. The van der Waals surface area contributed by atoms with Gasteiger partial charge in [0.15, 0.2) is 0 Å². The van der Waals surface area contributed by atoms with Crippen molar-refractivity contribution in [3.05, 3.63) is 0 Å². The van der Waals surface area contributed by atoms with Crippen molar-refractivity contribution in [1.29, 1.82) is 0 Å². The molecule has 0 rings (SSSR count). The summed E-state index contributed by atoms with van der Waals surface area (Å²) in [5.41, 5.74) is 0. The summed E-state index contributed by atoms with van der Waals surface area (Å²) < 4.78 is 0. The summed E-state index contributed by atoms with van der Waals surface area (Å²) in [6, 6.07) is 0. The van der Waals surface area contributed by atoms with Crippen LogP contribution in [0.15, 0.2) is 0 Å². The van der Waals surface area contributed by atoms with E-state index in [1.54, 1.807) is 0 Å². The maximum Gasteiger partial charge on any atom is 1.00 e. The fourth-order valence-corrected chi connectivity index (χ4v) is 1.04. The Morgan fingerprint density at radius 3 is 1.68 bits per heavy atom. The largest absolute Gasteiger partial charge is 1.00 e. The van der Waals surface area contributed by atoms with Crippen LogP contribution in [0.25, 0.3) is 0 Å². The molecule has 0 aliphatic rings. The van der Waals surface area contributed by atoms with E-state index in [1.807, 2.05) is 6.92 Å². The van der Waals surface area contributed by atoms with Gasteiger partial charge in [0.25, 0.3) is 0 Å². The molecule has 0 radical (unpaired) electrons. The van der Waals surface area contributed by atoms with E-state index in [4.69, 9.17) is 5.11 Å². The Bertz CT molecular complexity index is 198. The van der Waals surface area contributed by atoms with Crippen molar-refractivity contribution in [3.8, 4) is 0 Å². The van der Waals surface area contributed by atoms with Gasteiger partial charge in [-0.1, -0.05) is 33.1 Å². The Morgan fingerprint density at radius 1 is 1.00 bits per heavy atom. The Balaban J connectivity index is -0.000000108. The van der Waals surface area contributed by atoms with Crippen LogP contribution in [-0.2, 0) is 9.59 Å². The molecule has 0 saturated heterocycles. The summed E-state index contributed by atoms with van der Waals surface area (Å²) in [4.78, 5) is 19.0. The van der Waals surface area contributed by atoms with Crippen LogP contribution < -0.4 is 69.3 Å².